The number of rotatable bonds is 4. The molecule has 5 heteroatoms. The maximum atomic E-state index is 13.8. The second-order valence-corrected chi connectivity index (χ2v) is 6.21. The highest BCUT2D eigenvalue weighted by Crippen LogP contribution is 2.29. The average Bonchev–Trinajstić information content (AvgIpc) is 2.60. The van der Waals surface area contributed by atoms with Gasteiger partial charge in [0.1, 0.15) is 11.6 Å². The molecule has 2 nitrogen and oxygen atoms in total. The van der Waals surface area contributed by atoms with Crippen LogP contribution in [-0.4, -0.2) is 30.6 Å². The van der Waals surface area contributed by atoms with Crippen LogP contribution < -0.4 is 5.32 Å². The van der Waals surface area contributed by atoms with Gasteiger partial charge in [-0.25, -0.2) is 8.78 Å². The second kappa shape index (κ2) is 7.36. The van der Waals surface area contributed by atoms with E-state index in [-0.39, 0.29) is 6.04 Å². The van der Waals surface area contributed by atoms with E-state index < -0.39 is 11.6 Å². The molecule has 0 spiro atoms. The van der Waals surface area contributed by atoms with Gasteiger partial charge in [0.15, 0.2) is 0 Å². The molecular weight excluding hydrogens is 326 g/mol. The number of halogens is 3. The molecule has 0 bridgehead atoms. The summed E-state index contributed by atoms with van der Waals surface area (Å²) in [4.78, 5) is 2.46. The quantitative estimate of drug-likeness (QED) is 0.868. The van der Waals surface area contributed by atoms with Gasteiger partial charge in [0.2, 0.25) is 0 Å². The zero-order valence-corrected chi connectivity index (χ0v) is 13.3. The lowest BCUT2D eigenvalue weighted by atomic mass is 10.1. The van der Waals surface area contributed by atoms with Gasteiger partial charge in [-0.15, -0.1) is 0 Å². The van der Waals surface area contributed by atoms with Crippen LogP contribution in [0.15, 0.2) is 16.6 Å². The molecule has 0 aliphatic carbocycles. The largest absolute Gasteiger partial charge is 0.379 e. The molecule has 0 radical (unpaired) electrons. The van der Waals surface area contributed by atoms with Crippen LogP contribution in [0.5, 0.6) is 0 Å². The Morgan fingerprint density at radius 3 is 2.80 bits per heavy atom. The molecular formula is C15H21BrF2N2. The van der Waals surface area contributed by atoms with Gasteiger partial charge in [-0.2, -0.15) is 0 Å². The summed E-state index contributed by atoms with van der Waals surface area (Å²) < 4.78 is 27.4. The maximum Gasteiger partial charge on any atom is 0.150 e. The van der Waals surface area contributed by atoms with Crippen molar-refractivity contribution >= 4 is 21.6 Å². The zero-order chi connectivity index (χ0) is 14.5. The fraction of sp³-hybridized carbons (Fsp3) is 0.600. The molecule has 1 fully saturated rings. The summed E-state index contributed by atoms with van der Waals surface area (Å²) in [5.41, 5.74) is 0.375. The van der Waals surface area contributed by atoms with Gasteiger partial charge >= 0.3 is 0 Å². The van der Waals surface area contributed by atoms with Crippen LogP contribution in [0.3, 0.4) is 0 Å². The number of hydrogen-bond donors (Lipinski definition) is 1. The lowest BCUT2D eigenvalue weighted by Crippen LogP contribution is -2.27. The molecule has 0 aromatic heterocycles. The first-order valence-electron chi connectivity index (χ1n) is 7.23. The van der Waals surface area contributed by atoms with E-state index in [2.05, 4.69) is 33.1 Å². The SMILES string of the molecule is CCCN1CCCC(Nc2c(F)cc(F)cc2Br)CC1. The highest BCUT2D eigenvalue weighted by Gasteiger charge is 2.19. The molecule has 1 aliphatic heterocycles. The van der Waals surface area contributed by atoms with Crippen LogP contribution in [0.2, 0.25) is 0 Å². The fourth-order valence-electron chi connectivity index (χ4n) is 2.72. The minimum Gasteiger partial charge on any atom is -0.379 e. The van der Waals surface area contributed by atoms with Crippen molar-refractivity contribution in [2.45, 2.75) is 38.6 Å². The van der Waals surface area contributed by atoms with Gasteiger partial charge in [-0.3, -0.25) is 0 Å². The van der Waals surface area contributed by atoms with Gasteiger partial charge in [-0.05, 0) is 60.8 Å². The first-order valence-corrected chi connectivity index (χ1v) is 8.03. The van der Waals surface area contributed by atoms with Crippen molar-refractivity contribution in [3.05, 3.63) is 28.2 Å². The van der Waals surface area contributed by atoms with Gasteiger partial charge in [0.25, 0.3) is 0 Å². The topological polar surface area (TPSA) is 15.3 Å². The van der Waals surface area contributed by atoms with Crippen molar-refractivity contribution < 1.29 is 8.78 Å². The number of hydrogen-bond acceptors (Lipinski definition) is 2. The monoisotopic (exact) mass is 346 g/mol. The molecule has 1 aliphatic rings. The molecule has 1 atom stereocenters. The molecule has 0 amide bonds. The third-order valence-corrected chi connectivity index (χ3v) is 4.34. The summed E-state index contributed by atoms with van der Waals surface area (Å²) in [5, 5.41) is 3.23. The van der Waals surface area contributed by atoms with Gasteiger partial charge in [-0.1, -0.05) is 6.92 Å². The van der Waals surface area contributed by atoms with Crippen molar-refractivity contribution in [2.24, 2.45) is 0 Å². The number of nitrogens with zero attached hydrogens (tertiary/aromatic N) is 1. The highest BCUT2D eigenvalue weighted by atomic mass is 79.9. The molecule has 2 rings (SSSR count). The second-order valence-electron chi connectivity index (χ2n) is 5.36. The predicted molar refractivity (Wildman–Crippen MR) is 82.1 cm³/mol. The molecule has 1 N–H and O–H groups in total. The van der Waals surface area contributed by atoms with Crippen molar-refractivity contribution in [3.8, 4) is 0 Å². The lowest BCUT2D eigenvalue weighted by molar-refractivity contribution is 0.285. The maximum absolute atomic E-state index is 13.8. The molecule has 1 aromatic rings. The number of nitrogens with one attached hydrogen (secondary N) is 1. The highest BCUT2D eigenvalue weighted by molar-refractivity contribution is 9.10. The summed E-state index contributed by atoms with van der Waals surface area (Å²) in [6.45, 7) is 5.46. The third kappa shape index (κ3) is 4.16. The Kier molecular flexibility index (Phi) is 5.78. The van der Waals surface area contributed by atoms with Crippen LogP contribution in [0, 0.1) is 11.6 Å². The summed E-state index contributed by atoms with van der Waals surface area (Å²) in [6.07, 6.45) is 4.28. The van der Waals surface area contributed by atoms with Gasteiger partial charge < -0.3 is 10.2 Å². The van der Waals surface area contributed by atoms with E-state index in [1.54, 1.807) is 0 Å². The summed E-state index contributed by atoms with van der Waals surface area (Å²) >= 11 is 3.23. The Bertz CT molecular complexity index is 430. The minimum absolute atomic E-state index is 0.244. The van der Waals surface area contributed by atoms with Crippen molar-refractivity contribution in [3.63, 3.8) is 0 Å². The smallest absolute Gasteiger partial charge is 0.150 e. The van der Waals surface area contributed by atoms with E-state index in [9.17, 15) is 8.78 Å². The van der Waals surface area contributed by atoms with Crippen molar-refractivity contribution in [1.82, 2.24) is 4.90 Å². The standard InChI is InChI=1S/C15H21BrF2N2/c1-2-6-20-7-3-4-12(5-8-20)19-15-13(16)9-11(17)10-14(15)18/h9-10,12,19H,2-8H2,1H3. The molecule has 20 heavy (non-hydrogen) atoms. The van der Waals surface area contributed by atoms with E-state index in [0.717, 1.165) is 51.4 Å². The van der Waals surface area contributed by atoms with E-state index in [4.69, 9.17) is 0 Å². The number of likely N-dealkylation sites (tertiary alicyclic amines) is 1. The molecule has 1 heterocycles. The normalized spacial score (nSPS) is 20.7. The predicted octanol–water partition coefficient (Wildman–Crippen LogP) is 4.40. The van der Waals surface area contributed by atoms with Crippen LogP contribution in [0.1, 0.15) is 32.6 Å². The van der Waals surface area contributed by atoms with Crippen molar-refractivity contribution in [1.29, 1.82) is 0 Å². The van der Waals surface area contributed by atoms with E-state index in [1.165, 1.54) is 6.07 Å². The van der Waals surface area contributed by atoms with Gasteiger partial charge in [0, 0.05) is 23.1 Å². The van der Waals surface area contributed by atoms with E-state index in [1.807, 2.05) is 0 Å². The van der Waals surface area contributed by atoms with Crippen LogP contribution in [0.4, 0.5) is 14.5 Å². The third-order valence-electron chi connectivity index (χ3n) is 3.72. The molecule has 1 unspecified atom stereocenters. The molecule has 1 saturated heterocycles. The zero-order valence-electron chi connectivity index (χ0n) is 11.8. The first kappa shape index (κ1) is 15.7. The van der Waals surface area contributed by atoms with Gasteiger partial charge in [0.05, 0.1) is 5.69 Å². The Hall–Kier alpha value is -0.680. The van der Waals surface area contributed by atoms with E-state index in [0.29, 0.717) is 10.2 Å². The fourth-order valence-corrected chi connectivity index (χ4v) is 3.25. The van der Waals surface area contributed by atoms with Crippen LogP contribution in [0.25, 0.3) is 0 Å². The van der Waals surface area contributed by atoms with Crippen LogP contribution in [-0.2, 0) is 0 Å². The molecule has 112 valence electrons. The summed E-state index contributed by atoms with van der Waals surface area (Å²) in [7, 11) is 0. The minimum atomic E-state index is -0.560. The number of benzene rings is 1. The Labute approximate surface area is 127 Å². The first-order chi connectivity index (χ1) is 9.60. The van der Waals surface area contributed by atoms with Crippen molar-refractivity contribution in [2.75, 3.05) is 25.0 Å². The average molecular weight is 347 g/mol. The Balaban J connectivity index is 2.00. The molecule has 1 aromatic carbocycles. The van der Waals surface area contributed by atoms with E-state index >= 15 is 0 Å². The Morgan fingerprint density at radius 2 is 2.10 bits per heavy atom. The Morgan fingerprint density at radius 1 is 1.30 bits per heavy atom. The molecule has 0 saturated carbocycles. The number of anilines is 1. The lowest BCUT2D eigenvalue weighted by Gasteiger charge is -2.21. The summed E-state index contributed by atoms with van der Waals surface area (Å²) in [6, 6.07) is 2.46. The summed E-state index contributed by atoms with van der Waals surface area (Å²) in [5.74, 6) is -1.10. The van der Waals surface area contributed by atoms with Crippen LogP contribution >= 0.6 is 15.9 Å².